The molecule has 0 bridgehead atoms. The van der Waals surface area contributed by atoms with E-state index in [2.05, 4.69) is 4.98 Å². The minimum Gasteiger partial charge on any atom is -0.394 e. The standard InChI is InChI=1S/C11H15N3O4/c1-8-7-18-10(6-15)5-13(8)9-2-3-11(12-4-9)14(16)17/h2-4,8,10,15H,5-7H2,1H3. The number of pyridine rings is 1. The summed E-state index contributed by atoms with van der Waals surface area (Å²) in [5, 5.41) is 19.6. The fraction of sp³-hybridized carbons (Fsp3) is 0.545. The largest absolute Gasteiger partial charge is 0.394 e. The van der Waals surface area contributed by atoms with Crippen LogP contribution in [-0.2, 0) is 4.74 Å². The topological polar surface area (TPSA) is 88.7 Å². The molecular weight excluding hydrogens is 238 g/mol. The third-order valence-corrected chi connectivity index (χ3v) is 2.96. The fourth-order valence-electron chi connectivity index (χ4n) is 1.94. The average Bonchev–Trinajstić information content (AvgIpc) is 2.39. The summed E-state index contributed by atoms with van der Waals surface area (Å²) < 4.78 is 5.43. The average molecular weight is 253 g/mol. The Morgan fingerprint density at radius 2 is 2.44 bits per heavy atom. The van der Waals surface area contributed by atoms with Crippen molar-refractivity contribution in [2.24, 2.45) is 0 Å². The number of hydrogen-bond acceptors (Lipinski definition) is 6. The van der Waals surface area contributed by atoms with Crippen molar-refractivity contribution in [2.75, 3.05) is 24.7 Å². The number of aromatic nitrogens is 1. The van der Waals surface area contributed by atoms with Crippen LogP contribution < -0.4 is 4.90 Å². The van der Waals surface area contributed by atoms with Crippen molar-refractivity contribution in [1.29, 1.82) is 0 Å². The highest BCUT2D eigenvalue weighted by molar-refractivity contribution is 5.48. The Morgan fingerprint density at radius 3 is 3.00 bits per heavy atom. The molecule has 7 nitrogen and oxygen atoms in total. The molecule has 1 aromatic heterocycles. The first-order valence-electron chi connectivity index (χ1n) is 5.71. The highest BCUT2D eigenvalue weighted by Gasteiger charge is 2.26. The first-order chi connectivity index (χ1) is 8.61. The van der Waals surface area contributed by atoms with Crippen LogP contribution in [0.2, 0.25) is 0 Å². The van der Waals surface area contributed by atoms with Gasteiger partial charge in [0, 0.05) is 18.7 Å². The lowest BCUT2D eigenvalue weighted by atomic mass is 10.2. The van der Waals surface area contributed by atoms with Crippen molar-refractivity contribution in [3.05, 3.63) is 28.4 Å². The zero-order chi connectivity index (χ0) is 13.1. The summed E-state index contributed by atoms with van der Waals surface area (Å²) in [5.41, 5.74) is 0.801. The number of nitro groups is 1. The van der Waals surface area contributed by atoms with Gasteiger partial charge in [-0.15, -0.1) is 0 Å². The van der Waals surface area contributed by atoms with E-state index in [0.717, 1.165) is 5.69 Å². The van der Waals surface area contributed by atoms with Gasteiger partial charge in [0.05, 0.1) is 25.0 Å². The number of nitrogens with zero attached hydrogens (tertiary/aromatic N) is 3. The minimum atomic E-state index is -0.525. The second-order valence-electron chi connectivity index (χ2n) is 4.27. The van der Waals surface area contributed by atoms with Gasteiger partial charge in [0.1, 0.15) is 0 Å². The number of aliphatic hydroxyl groups is 1. The lowest BCUT2D eigenvalue weighted by Gasteiger charge is -2.38. The SMILES string of the molecule is CC1COC(CO)CN1c1ccc([N+](=O)[O-])nc1. The van der Waals surface area contributed by atoms with Crippen LogP contribution in [0, 0.1) is 10.1 Å². The Labute approximate surface area is 104 Å². The quantitative estimate of drug-likeness (QED) is 0.626. The summed E-state index contributed by atoms with van der Waals surface area (Å²) in [7, 11) is 0. The van der Waals surface area contributed by atoms with Gasteiger partial charge in [-0.3, -0.25) is 0 Å². The van der Waals surface area contributed by atoms with E-state index in [0.29, 0.717) is 13.2 Å². The molecule has 2 unspecified atom stereocenters. The van der Waals surface area contributed by atoms with Crippen LogP contribution >= 0.6 is 0 Å². The van der Waals surface area contributed by atoms with Crippen molar-refractivity contribution in [1.82, 2.24) is 4.98 Å². The Morgan fingerprint density at radius 1 is 1.67 bits per heavy atom. The summed E-state index contributed by atoms with van der Waals surface area (Å²) >= 11 is 0. The molecular formula is C11H15N3O4. The molecule has 18 heavy (non-hydrogen) atoms. The smallest absolute Gasteiger partial charge is 0.363 e. The lowest BCUT2D eigenvalue weighted by Crippen LogP contribution is -2.49. The predicted molar refractivity (Wildman–Crippen MR) is 64.5 cm³/mol. The molecule has 98 valence electrons. The molecule has 0 amide bonds. The Kier molecular flexibility index (Phi) is 3.73. The van der Waals surface area contributed by atoms with Crippen LogP contribution in [0.25, 0.3) is 0 Å². The summed E-state index contributed by atoms with van der Waals surface area (Å²) in [6.07, 6.45) is 1.25. The van der Waals surface area contributed by atoms with Crippen molar-refractivity contribution in [3.8, 4) is 0 Å². The summed E-state index contributed by atoms with van der Waals surface area (Å²) in [6, 6.07) is 3.20. The van der Waals surface area contributed by atoms with Gasteiger partial charge in [0.2, 0.25) is 0 Å². The minimum absolute atomic E-state index is 0.0381. The van der Waals surface area contributed by atoms with Gasteiger partial charge in [-0.1, -0.05) is 0 Å². The Bertz CT molecular complexity index is 423. The van der Waals surface area contributed by atoms with Gasteiger partial charge < -0.3 is 24.9 Å². The third kappa shape index (κ3) is 2.57. The molecule has 0 radical (unpaired) electrons. The van der Waals surface area contributed by atoms with Crippen LogP contribution in [0.4, 0.5) is 11.5 Å². The molecule has 0 aromatic carbocycles. The maximum absolute atomic E-state index is 10.5. The molecule has 0 spiro atoms. The van der Waals surface area contributed by atoms with E-state index in [4.69, 9.17) is 9.84 Å². The number of anilines is 1. The van der Waals surface area contributed by atoms with Gasteiger partial charge in [-0.25, -0.2) is 0 Å². The monoisotopic (exact) mass is 253 g/mol. The van der Waals surface area contributed by atoms with Crippen molar-refractivity contribution < 1.29 is 14.8 Å². The molecule has 1 N–H and O–H groups in total. The van der Waals surface area contributed by atoms with Crippen molar-refractivity contribution in [3.63, 3.8) is 0 Å². The fourth-order valence-corrected chi connectivity index (χ4v) is 1.94. The zero-order valence-corrected chi connectivity index (χ0v) is 10.0. The maximum atomic E-state index is 10.5. The molecule has 1 fully saturated rings. The molecule has 1 saturated heterocycles. The molecule has 2 rings (SSSR count). The summed E-state index contributed by atoms with van der Waals surface area (Å²) in [6.45, 7) is 3.03. The van der Waals surface area contributed by atoms with Gasteiger partial charge in [0.25, 0.3) is 0 Å². The number of aliphatic hydroxyl groups excluding tert-OH is 1. The number of morpholine rings is 1. The summed E-state index contributed by atoms with van der Waals surface area (Å²) in [5.74, 6) is -0.168. The van der Waals surface area contributed by atoms with Gasteiger partial charge in [0.15, 0.2) is 6.20 Å². The van der Waals surface area contributed by atoms with Gasteiger partial charge >= 0.3 is 5.82 Å². The van der Waals surface area contributed by atoms with Gasteiger partial charge in [-0.05, 0) is 22.9 Å². The maximum Gasteiger partial charge on any atom is 0.363 e. The Hall–Kier alpha value is -1.73. The highest BCUT2D eigenvalue weighted by atomic mass is 16.6. The number of ether oxygens (including phenoxy) is 1. The molecule has 2 heterocycles. The zero-order valence-electron chi connectivity index (χ0n) is 10.0. The lowest BCUT2D eigenvalue weighted by molar-refractivity contribution is -0.389. The number of hydrogen-bond donors (Lipinski definition) is 1. The van der Waals surface area contributed by atoms with E-state index in [1.807, 2.05) is 11.8 Å². The van der Waals surface area contributed by atoms with Crippen LogP contribution in [-0.4, -0.2) is 46.9 Å². The molecule has 1 aromatic rings. The van der Waals surface area contributed by atoms with E-state index in [1.54, 1.807) is 6.07 Å². The van der Waals surface area contributed by atoms with Crippen LogP contribution in [0.3, 0.4) is 0 Å². The third-order valence-electron chi connectivity index (χ3n) is 2.96. The predicted octanol–water partition coefficient (Wildman–Crippen LogP) is 0.576. The van der Waals surface area contributed by atoms with E-state index < -0.39 is 4.92 Å². The van der Waals surface area contributed by atoms with E-state index in [9.17, 15) is 10.1 Å². The molecule has 0 saturated carbocycles. The number of rotatable bonds is 3. The van der Waals surface area contributed by atoms with E-state index in [1.165, 1.54) is 12.3 Å². The Balaban J connectivity index is 2.16. The van der Waals surface area contributed by atoms with E-state index >= 15 is 0 Å². The van der Waals surface area contributed by atoms with Crippen LogP contribution in [0.15, 0.2) is 18.3 Å². The van der Waals surface area contributed by atoms with Gasteiger partial charge in [-0.2, -0.15) is 0 Å². The molecule has 0 aliphatic carbocycles. The molecule has 2 atom stereocenters. The van der Waals surface area contributed by atoms with E-state index in [-0.39, 0.29) is 24.6 Å². The van der Waals surface area contributed by atoms with Crippen LogP contribution in [0.1, 0.15) is 6.92 Å². The second kappa shape index (κ2) is 5.28. The van der Waals surface area contributed by atoms with Crippen LogP contribution in [0.5, 0.6) is 0 Å². The molecule has 7 heteroatoms. The van der Waals surface area contributed by atoms with Crippen molar-refractivity contribution in [2.45, 2.75) is 19.1 Å². The molecule has 1 aliphatic rings. The first kappa shape index (κ1) is 12.7. The second-order valence-corrected chi connectivity index (χ2v) is 4.27. The summed E-state index contributed by atoms with van der Waals surface area (Å²) in [4.78, 5) is 15.8. The normalized spacial score (nSPS) is 24.0. The first-order valence-corrected chi connectivity index (χ1v) is 5.71. The highest BCUT2D eigenvalue weighted by Crippen LogP contribution is 2.22. The van der Waals surface area contributed by atoms with Crippen molar-refractivity contribution >= 4 is 11.5 Å². The molecule has 1 aliphatic heterocycles.